The van der Waals surface area contributed by atoms with Crippen molar-refractivity contribution in [3.05, 3.63) is 36.4 Å². The van der Waals surface area contributed by atoms with E-state index in [1.54, 1.807) is 18.6 Å². The fourth-order valence-corrected chi connectivity index (χ4v) is 2.14. The molecule has 0 bridgehead atoms. The van der Waals surface area contributed by atoms with Gasteiger partial charge in [-0.2, -0.15) is 0 Å². The van der Waals surface area contributed by atoms with E-state index in [1.165, 1.54) is 12.1 Å². The van der Waals surface area contributed by atoms with Crippen LogP contribution in [-0.2, 0) is 16.6 Å². The molecule has 0 radical (unpaired) electrons. The zero-order chi connectivity index (χ0) is 13.2. The van der Waals surface area contributed by atoms with Crippen molar-refractivity contribution in [1.29, 1.82) is 0 Å². The Bertz CT molecular complexity index is 636. The zero-order valence-corrected chi connectivity index (χ0v) is 10.2. The molecule has 1 heterocycles. The number of hydrogen-bond donors (Lipinski definition) is 4. The summed E-state index contributed by atoms with van der Waals surface area (Å²) in [7, 11) is -3.78. The highest BCUT2D eigenvalue weighted by Crippen LogP contribution is 2.21. The van der Waals surface area contributed by atoms with Crippen LogP contribution >= 0.6 is 0 Å². The largest absolute Gasteiger partial charge is 0.398 e. The minimum absolute atomic E-state index is 0.0745. The molecule has 0 aliphatic heterocycles. The van der Waals surface area contributed by atoms with Gasteiger partial charge in [-0.05, 0) is 18.2 Å². The topological polar surface area (TPSA) is 127 Å². The molecule has 6 N–H and O–H groups in total. The van der Waals surface area contributed by atoms with Crippen molar-refractivity contribution in [2.45, 2.75) is 11.4 Å². The summed E-state index contributed by atoms with van der Waals surface area (Å²) in [5.74, 6) is 0. The van der Waals surface area contributed by atoms with Crippen molar-refractivity contribution in [3.63, 3.8) is 0 Å². The molecule has 18 heavy (non-hydrogen) atoms. The lowest BCUT2D eigenvalue weighted by Crippen LogP contribution is -2.14. The van der Waals surface area contributed by atoms with Crippen LogP contribution in [0.15, 0.2) is 35.6 Å². The lowest BCUT2D eigenvalue weighted by atomic mass is 10.3. The zero-order valence-electron chi connectivity index (χ0n) is 9.42. The molecule has 2 aromatic rings. The summed E-state index contributed by atoms with van der Waals surface area (Å²) in [6, 6.07) is 4.50. The van der Waals surface area contributed by atoms with Crippen molar-refractivity contribution in [1.82, 2.24) is 9.97 Å². The van der Waals surface area contributed by atoms with E-state index in [9.17, 15) is 8.42 Å². The third kappa shape index (κ3) is 2.79. The Morgan fingerprint density at radius 2 is 2.17 bits per heavy atom. The Morgan fingerprint density at radius 3 is 2.72 bits per heavy atom. The summed E-state index contributed by atoms with van der Waals surface area (Å²) in [5.41, 5.74) is 7.36. The maximum Gasteiger partial charge on any atom is 0.240 e. The molecule has 8 heteroatoms. The molecule has 1 aromatic carbocycles. The van der Waals surface area contributed by atoms with Crippen molar-refractivity contribution >= 4 is 21.4 Å². The molecule has 0 unspecified atom stereocenters. The summed E-state index contributed by atoms with van der Waals surface area (Å²) in [5, 5.41) is 8.10. The fraction of sp³-hybridized carbons (Fsp3) is 0.100. The normalized spacial score (nSPS) is 11.4. The van der Waals surface area contributed by atoms with Gasteiger partial charge in [-0.25, -0.2) is 18.5 Å². The van der Waals surface area contributed by atoms with Gasteiger partial charge >= 0.3 is 0 Å². The standard InChI is InChI=1S/C10H13N5O2S/c11-9-3-7(1-2-10(9)18(12,16)17)14-5-8-4-13-6-15-8/h1-4,6,14H,5,11H2,(H,13,15)(H2,12,16,17). The van der Waals surface area contributed by atoms with Crippen LogP contribution in [0.1, 0.15) is 5.69 Å². The number of anilines is 2. The van der Waals surface area contributed by atoms with E-state index in [0.717, 1.165) is 5.69 Å². The average molecular weight is 267 g/mol. The van der Waals surface area contributed by atoms with Crippen LogP contribution in [0.4, 0.5) is 11.4 Å². The average Bonchev–Trinajstić information content (AvgIpc) is 2.77. The lowest BCUT2D eigenvalue weighted by molar-refractivity contribution is 0.598. The molecule has 1 aromatic heterocycles. The molecule has 0 aliphatic rings. The third-order valence-corrected chi connectivity index (χ3v) is 3.34. The second-order valence-electron chi connectivity index (χ2n) is 3.73. The maximum atomic E-state index is 11.2. The Morgan fingerprint density at radius 1 is 1.39 bits per heavy atom. The van der Waals surface area contributed by atoms with Crippen molar-refractivity contribution in [2.75, 3.05) is 11.1 Å². The van der Waals surface area contributed by atoms with Crippen LogP contribution in [-0.4, -0.2) is 18.4 Å². The molecular formula is C10H13N5O2S. The molecule has 0 saturated heterocycles. The summed E-state index contributed by atoms with van der Waals surface area (Å²) < 4.78 is 22.3. The number of aromatic amines is 1. The highest BCUT2D eigenvalue weighted by molar-refractivity contribution is 7.89. The lowest BCUT2D eigenvalue weighted by Gasteiger charge is -2.08. The van der Waals surface area contributed by atoms with E-state index in [1.807, 2.05) is 0 Å². The molecule has 0 aliphatic carbocycles. The maximum absolute atomic E-state index is 11.2. The summed E-state index contributed by atoms with van der Waals surface area (Å²) in [6.45, 7) is 0.536. The van der Waals surface area contributed by atoms with Gasteiger partial charge in [0, 0.05) is 11.9 Å². The molecule has 0 fully saturated rings. The number of primary sulfonamides is 1. The summed E-state index contributed by atoms with van der Waals surface area (Å²) >= 11 is 0. The molecule has 0 amide bonds. The first-order chi connectivity index (χ1) is 8.47. The van der Waals surface area contributed by atoms with Crippen molar-refractivity contribution < 1.29 is 8.42 Å². The first-order valence-corrected chi connectivity index (χ1v) is 6.65. The monoisotopic (exact) mass is 267 g/mol. The number of H-pyrrole nitrogens is 1. The van der Waals surface area contributed by atoms with E-state index < -0.39 is 10.0 Å². The van der Waals surface area contributed by atoms with Crippen LogP contribution in [0.3, 0.4) is 0 Å². The highest BCUT2D eigenvalue weighted by Gasteiger charge is 2.12. The van der Waals surface area contributed by atoms with E-state index >= 15 is 0 Å². The molecule has 2 rings (SSSR count). The van der Waals surface area contributed by atoms with Gasteiger partial charge in [0.15, 0.2) is 0 Å². The number of nitrogen functional groups attached to an aromatic ring is 1. The van der Waals surface area contributed by atoms with E-state index in [0.29, 0.717) is 12.2 Å². The minimum atomic E-state index is -3.78. The van der Waals surface area contributed by atoms with Crippen LogP contribution < -0.4 is 16.2 Å². The molecule has 96 valence electrons. The molecule has 7 nitrogen and oxygen atoms in total. The number of hydrogen-bond acceptors (Lipinski definition) is 5. The third-order valence-electron chi connectivity index (χ3n) is 2.35. The number of nitrogens with one attached hydrogen (secondary N) is 2. The second kappa shape index (κ2) is 4.67. The van der Waals surface area contributed by atoms with Gasteiger partial charge in [0.25, 0.3) is 0 Å². The number of benzene rings is 1. The van der Waals surface area contributed by atoms with Gasteiger partial charge in [-0.15, -0.1) is 0 Å². The van der Waals surface area contributed by atoms with Gasteiger partial charge in [-0.3, -0.25) is 0 Å². The second-order valence-corrected chi connectivity index (χ2v) is 5.26. The van der Waals surface area contributed by atoms with Crippen molar-refractivity contribution in [2.24, 2.45) is 5.14 Å². The van der Waals surface area contributed by atoms with Gasteiger partial charge in [0.05, 0.1) is 24.3 Å². The SMILES string of the molecule is Nc1cc(NCc2cnc[nH]2)ccc1S(N)(=O)=O. The smallest absolute Gasteiger partial charge is 0.240 e. The first kappa shape index (κ1) is 12.4. The van der Waals surface area contributed by atoms with Crippen LogP contribution in [0.25, 0.3) is 0 Å². The van der Waals surface area contributed by atoms with Crippen LogP contribution in [0.2, 0.25) is 0 Å². The van der Waals surface area contributed by atoms with Gasteiger partial charge in [0.2, 0.25) is 10.0 Å². The molecule has 0 atom stereocenters. The Balaban J connectivity index is 2.14. The minimum Gasteiger partial charge on any atom is -0.398 e. The predicted octanol–water partition coefficient (Wildman–Crippen LogP) is 0.251. The fourth-order valence-electron chi connectivity index (χ4n) is 1.50. The van der Waals surface area contributed by atoms with Gasteiger partial charge in [-0.1, -0.05) is 0 Å². The van der Waals surface area contributed by atoms with Crippen LogP contribution in [0.5, 0.6) is 0 Å². The van der Waals surface area contributed by atoms with E-state index in [-0.39, 0.29) is 10.6 Å². The number of nitrogens with two attached hydrogens (primary N) is 2. The summed E-state index contributed by atoms with van der Waals surface area (Å²) in [6.07, 6.45) is 3.27. The van der Waals surface area contributed by atoms with Gasteiger partial charge < -0.3 is 16.0 Å². The van der Waals surface area contributed by atoms with Gasteiger partial charge in [0.1, 0.15) is 4.90 Å². The first-order valence-electron chi connectivity index (χ1n) is 5.10. The quantitative estimate of drug-likeness (QED) is 0.590. The Kier molecular flexibility index (Phi) is 3.21. The predicted molar refractivity (Wildman–Crippen MR) is 68.1 cm³/mol. The number of sulfonamides is 1. The highest BCUT2D eigenvalue weighted by atomic mass is 32.2. The van der Waals surface area contributed by atoms with Crippen LogP contribution in [0, 0.1) is 0 Å². The van der Waals surface area contributed by atoms with E-state index in [2.05, 4.69) is 15.3 Å². The molecular weight excluding hydrogens is 254 g/mol. The molecule has 0 saturated carbocycles. The summed E-state index contributed by atoms with van der Waals surface area (Å²) in [4.78, 5) is 6.74. The Hall–Kier alpha value is -2.06. The number of nitrogens with zero attached hydrogens (tertiary/aromatic N) is 1. The van der Waals surface area contributed by atoms with E-state index in [4.69, 9.17) is 10.9 Å². The number of aromatic nitrogens is 2. The number of rotatable bonds is 4. The molecule has 0 spiro atoms. The van der Waals surface area contributed by atoms with Crippen molar-refractivity contribution in [3.8, 4) is 0 Å². The number of imidazole rings is 1. The Labute approximate surface area is 104 Å².